The van der Waals surface area contributed by atoms with Crippen LogP contribution in [0.15, 0.2) is 42.5 Å². The fourth-order valence-electron chi connectivity index (χ4n) is 2.15. The average Bonchev–Trinajstić information content (AvgIpc) is 3.03. The van der Waals surface area contributed by atoms with Gasteiger partial charge in [0, 0.05) is 12.6 Å². The minimum Gasteiger partial charge on any atom is -0.489 e. The van der Waals surface area contributed by atoms with Crippen molar-refractivity contribution in [3.05, 3.63) is 53.8 Å². The molecule has 0 bridgehead atoms. The second kappa shape index (κ2) is 6.43. The summed E-state index contributed by atoms with van der Waals surface area (Å²) in [5.74, 6) is -0.401. The number of para-hydroxylation sites is 1. The summed E-state index contributed by atoms with van der Waals surface area (Å²) in [6.45, 7) is 0.541. The van der Waals surface area contributed by atoms with Gasteiger partial charge in [-0.3, -0.25) is 4.79 Å². The van der Waals surface area contributed by atoms with E-state index in [0.29, 0.717) is 23.1 Å². The highest BCUT2D eigenvalue weighted by molar-refractivity contribution is 5.97. The molecule has 0 radical (unpaired) electrons. The number of hydrogen-bond acceptors (Lipinski definition) is 4. The molecule has 1 N–H and O–H groups in total. The number of halogens is 1. The Morgan fingerprint density at radius 1 is 1.22 bits per heavy atom. The van der Waals surface area contributed by atoms with E-state index >= 15 is 0 Å². The molecule has 2 aromatic carbocycles. The smallest absolute Gasteiger partial charge is 0.253 e. The Hall–Kier alpha value is -2.96. The highest BCUT2D eigenvalue weighted by Crippen LogP contribution is 2.15. The number of aromatic nitrogens is 3. The summed E-state index contributed by atoms with van der Waals surface area (Å²) >= 11 is 0. The van der Waals surface area contributed by atoms with Gasteiger partial charge in [0.1, 0.15) is 17.6 Å². The zero-order chi connectivity index (χ0) is 16.2. The number of hydrogen-bond donors (Lipinski definition) is 1. The zero-order valence-corrected chi connectivity index (χ0v) is 12.5. The lowest BCUT2D eigenvalue weighted by Gasteiger charge is -2.17. The molecule has 6 nitrogen and oxygen atoms in total. The summed E-state index contributed by atoms with van der Waals surface area (Å²) in [6, 6.07) is 11.3. The van der Waals surface area contributed by atoms with E-state index in [1.54, 1.807) is 43.4 Å². The normalized spacial score (nSPS) is 10.7. The summed E-state index contributed by atoms with van der Waals surface area (Å²) in [5.41, 5.74) is 1.85. The van der Waals surface area contributed by atoms with Gasteiger partial charge in [0.15, 0.2) is 11.6 Å². The third kappa shape index (κ3) is 3.28. The van der Waals surface area contributed by atoms with Crippen molar-refractivity contribution in [3.8, 4) is 5.75 Å². The molecule has 3 rings (SSSR count). The Labute approximate surface area is 131 Å². The first-order chi connectivity index (χ1) is 11.1. The van der Waals surface area contributed by atoms with Gasteiger partial charge >= 0.3 is 0 Å². The van der Waals surface area contributed by atoms with Crippen molar-refractivity contribution in [1.82, 2.24) is 20.3 Å². The molecule has 0 unspecified atom stereocenters. The van der Waals surface area contributed by atoms with E-state index in [0.717, 1.165) is 0 Å². The predicted molar refractivity (Wildman–Crippen MR) is 82.7 cm³/mol. The van der Waals surface area contributed by atoms with E-state index in [1.165, 1.54) is 11.0 Å². The van der Waals surface area contributed by atoms with Crippen LogP contribution in [0, 0.1) is 5.82 Å². The van der Waals surface area contributed by atoms with E-state index in [-0.39, 0.29) is 18.3 Å². The number of carbonyl (C=O) groups is 1. The molecule has 1 amide bonds. The Morgan fingerprint density at radius 3 is 2.83 bits per heavy atom. The number of rotatable bonds is 5. The van der Waals surface area contributed by atoms with Gasteiger partial charge in [-0.15, -0.1) is 0 Å². The summed E-state index contributed by atoms with van der Waals surface area (Å²) in [5, 5.41) is 10.4. The number of aromatic amines is 1. The second-order valence-electron chi connectivity index (χ2n) is 5.03. The number of H-pyrrole nitrogens is 1. The molecule has 0 saturated carbocycles. The highest BCUT2D eigenvalue weighted by Gasteiger charge is 2.13. The highest BCUT2D eigenvalue weighted by atomic mass is 19.1. The lowest BCUT2D eigenvalue weighted by molar-refractivity contribution is 0.0773. The molecule has 7 heteroatoms. The van der Waals surface area contributed by atoms with Gasteiger partial charge < -0.3 is 9.64 Å². The molecule has 0 fully saturated rings. The monoisotopic (exact) mass is 314 g/mol. The van der Waals surface area contributed by atoms with Gasteiger partial charge in [-0.05, 0) is 30.3 Å². The first-order valence-corrected chi connectivity index (χ1v) is 7.08. The van der Waals surface area contributed by atoms with Crippen LogP contribution in [0.2, 0.25) is 0 Å². The van der Waals surface area contributed by atoms with E-state index < -0.39 is 5.82 Å². The topological polar surface area (TPSA) is 71.1 Å². The maximum Gasteiger partial charge on any atom is 0.253 e. The van der Waals surface area contributed by atoms with Crippen LogP contribution in [0.25, 0.3) is 11.0 Å². The van der Waals surface area contributed by atoms with E-state index in [2.05, 4.69) is 15.4 Å². The molecule has 0 atom stereocenters. The summed E-state index contributed by atoms with van der Waals surface area (Å²) in [4.78, 5) is 13.9. The third-order valence-corrected chi connectivity index (χ3v) is 3.43. The minimum atomic E-state index is -0.419. The molecule has 0 aliphatic heterocycles. The Bertz CT molecular complexity index is 834. The SMILES string of the molecule is CN(CCOc1ccccc1F)C(=O)c1ccc2n[nH]nc2c1. The van der Waals surface area contributed by atoms with Crippen LogP contribution in [-0.4, -0.2) is 46.4 Å². The third-order valence-electron chi connectivity index (χ3n) is 3.43. The molecular weight excluding hydrogens is 299 g/mol. The van der Waals surface area contributed by atoms with Crippen LogP contribution in [0.4, 0.5) is 4.39 Å². The number of fused-ring (bicyclic) bond motifs is 1. The number of carbonyl (C=O) groups excluding carboxylic acids is 1. The Morgan fingerprint density at radius 2 is 2.00 bits per heavy atom. The average molecular weight is 314 g/mol. The van der Waals surface area contributed by atoms with Crippen molar-refractivity contribution >= 4 is 16.9 Å². The molecule has 0 saturated heterocycles. The zero-order valence-electron chi connectivity index (χ0n) is 12.5. The molecule has 1 heterocycles. The molecule has 23 heavy (non-hydrogen) atoms. The maximum atomic E-state index is 13.4. The van der Waals surface area contributed by atoms with Crippen molar-refractivity contribution in [3.63, 3.8) is 0 Å². The van der Waals surface area contributed by atoms with Crippen molar-refractivity contribution in [1.29, 1.82) is 0 Å². The largest absolute Gasteiger partial charge is 0.489 e. The Balaban J connectivity index is 1.60. The van der Waals surface area contributed by atoms with Crippen molar-refractivity contribution < 1.29 is 13.9 Å². The van der Waals surface area contributed by atoms with Crippen molar-refractivity contribution in [2.45, 2.75) is 0 Å². The molecule has 0 spiro atoms. The van der Waals surface area contributed by atoms with Gasteiger partial charge in [-0.25, -0.2) is 4.39 Å². The van der Waals surface area contributed by atoms with Crippen LogP contribution in [0.5, 0.6) is 5.75 Å². The second-order valence-corrected chi connectivity index (χ2v) is 5.03. The van der Waals surface area contributed by atoms with Gasteiger partial charge in [-0.1, -0.05) is 12.1 Å². The van der Waals surface area contributed by atoms with Gasteiger partial charge in [0.2, 0.25) is 0 Å². The number of likely N-dealkylation sites (N-methyl/N-ethyl adjacent to an activating group) is 1. The van der Waals surface area contributed by atoms with Crippen LogP contribution < -0.4 is 4.74 Å². The predicted octanol–water partition coefficient (Wildman–Crippen LogP) is 2.25. The van der Waals surface area contributed by atoms with Crippen molar-refractivity contribution in [2.75, 3.05) is 20.2 Å². The van der Waals surface area contributed by atoms with Gasteiger partial charge in [0.25, 0.3) is 5.91 Å². The van der Waals surface area contributed by atoms with E-state index in [9.17, 15) is 9.18 Å². The molecular formula is C16H15FN4O2. The maximum absolute atomic E-state index is 13.4. The number of nitrogens with one attached hydrogen (secondary N) is 1. The first kappa shape index (κ1) is 15.0. The minimum absolute atomic E-state index is 0.160. The molecule has 1 aromatic heterocycles. The van der Waals surface area contributed by atoms with Crippen molar-refractivity contribution in [2.24, 2.45) is 0 Å². The molecule has 0 aliphatic carbocycles. The quantitative estimate of drug-likeness (QED) is 0.784. The summed E-state index contributed by atoms with van der Waals surface area (Å²) in [7, 11) is 1.67. The molecule has 0 aliphatic rings. The molecule has 118 valence electrons. The standard InChI is InChI=1S/C16H15FN4O2/c1-21(8-9-23-15-5-3-2-4-12(15)17)16(22)11-6-7-13-14(10-11)19-20-18-13/h2-7,10H,8-9H2,1H3,(H,18,19,20). The van der Waals surface area contributed by atoms with Crippen LogP contribution in [0.1, 0.15) is 10.4 Å². The van der Waals surface area contributed by atoms with Crippen LogP contribution in [0.3, 0.4) is 0 Å². The van der Waals surface area contributed by atoms with Crippen LogP contribution >= 0.6 is 0 Å². The van der Waals surface area contributed by atoms with E-state index in [4.69, 9.17) is 4.74 Å². The fraction of sp³-hybridized carbons (Fsp3) is 0.188. The number of nitrogens with zero attached hydrogens (tertiary/aromatic N) is 3. The van der Waals surface area contributed by atoms with Crippen LogP contribution in [-0.2, 0) is 0 Å². The van der Waals surface area contributed by atoms with E-state index in [1.807, 2.05) is 0 Å². The number of amides is 1. The fourth-order valence-corrected chi connectivity index (χ4v) is 2.15. The molecule has 3 aromatic rings. The Kier molecular flexibility index (Phi) is 4.18. The number of ether oxygens (including phenoxy) is 1. The first-order valence-electron chi connectivity index (χ1n) is 7.08. The lowest BCUT2D eigenvalue weighted by Crippen LogP contribution is -2.30. The van der Waals surface area contributed by atoms with Gasteiger partial charge in [0.05, 0.1) is 6.54 Å². The summed E-state index contributed by atoms with van der Waals surface area (Å²) in [6.07, 6.45) is 0. The summed E-state index contributed by atoms with van der Waals surface area (Å²) < 4.78 is 18.8. The van der Waals surface area contributed by atoms with Gasteiger partial charge in [-0.2, -0.15) is 15.4 Å². The number of benzene rings is 2. The lowest BCUT2D eigenvalue weighted by atomic mass is 10.2.